The zero-order valence-electron chi connectivity index (χ0n) is 20.9. The van der Waals surface area contributed by atoms with Crippen LogP contribution in [0.4, 0.5) is 0 Å². The summed E-state index contributed by atoms with van der Waals surface area (Å²) >= 11 is 3.74. The SMILES string of the molecule is c1ccc(-c2cc(-c3cc4c(s3)-n3nccc3CCC4)cc(-c3cc4c(s3)-n3nccc3CCC4)c2)cc1. The molecule has 6 heterocycles. The van der Waals surface area contributed by atoms with Gasteiger partial charge >= 0.3 is 0 Å². The van der Waals surface area contributed by atoms with Gasteiger partial charge in [-0.25, -0.2) is 9.36 Å². The van der Waals surface area contributed by atoms with Gasteiger partial charge in [-0.3, -0.25) is 0 Å². The Bertz CT molecular complexity index is 1670. The Kier molecular flexibility index (Phi) is 5.23. The summed E-state index contributed by atoms with van der Waals surface area (Å²) in [6, 6.07) is 27.0. The molecule has 2 aromatic carbocycles. The van der Waals surface area contributed by atoms with Crippen LogP contribution in [0.2, 0.25) is 0 Å². The lowest BCUT2D eigenvalue weighted by Gasteiger charge is -2.09. The van der Waals surface area contributed by atoms with Gasteiger partial charge < -0.3 is 0 Å². The van der Waals surface area contributed by atoms with Crippen LogP contribution in [0.3, 0.4) is 0 Å². The quantitative estimate of drug-likeness (QED) is 0.231. The van der Waals surface area contributed by atoms with Crippen LogP contribution < -0.4 is 0 Å². The van der Waals surface area contributed by atoms with E-state index in [2.05, 4.69) is 92.4 Å². The molecular weight excluding hydrogens is 505 g/mol. The van der Waals surface area contributed by atoms with E-state index in [4.69, 9.17) is 0 Å². The van der Waals surface area contributed by atoms with Gasteiger partial charge in [0, 0.05) is 33.5 Å². The van der Waals surface area contributed by atoms with E-state index in [0.29, 0.717) is 0 Å². The number of thiophene rings is 2. The zero-order chi connectivity index (χ0) is 25.1. The lowest BCUT2D eigenvalue weighted by atomic mass is 9.97. The molecule has 0 aliphatic carbocycles. The molecule has 0 spiro atoms. The van der Waals surface area contributed by atoms with Crippen LogP contribution in [-0.4, -0.2) is 19.6 Å². The summed E-state index contributed by atoms with van der Waals surface area (Å²) in [4.78, 5) is 2.62. The van der Waals surface area contributed by atoms with E-state index in [1.165, 1.54) is 77.4 Å². The molecule has 0 saturated carbocycles. The van der Waals surface area contributed by atoms with Crippen LogP contribution in [0.15, 0.2) is 85.2 Å². The van der Waals surface area contributed by atoms with Crippen LogP contribution in [0, 0.1) is 0 Å². The minimum Gasteiger partial charge on any atom is -0.227 e. The number of hydrogen-bond donors (Lipinski definition) is 0. The molecular formula is C32H26N4S2. The molecule has 0 fully saturated rings. The van der Waals surface area contributed by atoms with E-state index in [1.54, 1.807) is 0 Å². The molecule has 2 aliphatic heterocycles. The molecule has 0 N–H and O–H groups in total. The first kappa shape index (κ1) is 22.3. The Balaban J connectivity index is 1.29. The predicted molar refractivity (Wildman–Crippen MR) is 157 cm³/mol. The maximum Gasteiger partial charge on any atom is 0.121 e. The Morgan fingerprint density at radius 3 is 1.61 bits per heavy atom. The van der Waals surface area contributed by atoms with E-state index in [9.17, 15) is 0 Å². The lowest BCUT2D eigenvalue weighted by molar-refractivity contribution is 0.786. The highest BCUT2D eigenvalue weighted by molar-refractivity contribution is 7.18. The average molecular weight is 531 g/mol. The van der Waals surface area contributed by atoms with Crippen LogP contribution in [0.1, 0.15) is 35.4 Å². The van der Waals surface area contributed by atoms with E-state index < -0.39 is 0 Å². The molecule has 0 atom stereocenters. The Hall–Kier alpha value is -3.74. The van der Waals surface area contributed by atoms with Crippen LogP contribution in [0.25, 0.3) is 42.0 Å². The molecule has 6 aromatic rings. The van der Waals surface area contributed by atoms with Gasteiger partial charge in [-0.15, -0.1) is 22.7 Å². The second-order valence-corrected chi connectivity index (χ2v) is 12.3. The van der Waals surface area contributed by atoms with E-state index in [0.717, 1.165) is 25.7 Å². The Morgan fingerprint density at radius 2 is 1.05 bits per heavy atom. The number of nitrogens with zero attached hydrogens (tertiary/aromatic N) is 4. The minimum absolute atomic E-state index is 1.09. The molecule has 0 unspecified atom stereocenters. The van der Waals surface area contributed by atoms with Crippen molar-refractivity contribution in [2.45, 2.75) is 38.5 Å². The number of aryl methyl sites for hydroxylation is 4. The Morgan fingerprint density at radius 1 is 0.526 bits per heavy atom. The van der Waals surface area contributed by atoms with E-state index in [-0.39, 0.29) is 0 Å². The molecule has 0 radical (unpaired) electrons. The summed E-state index contributed by atoms with van der Waals surface area (Å²) in [5, 5.41) is 11.9. The van der Waals surface area contributed by atoms with E-state index >= 15 is 0 Å². The normalized spacial score (nSPS) is 14.2. The van der Waals surface area contributed by atoms with Crippen molar-refractivity contribution in [2.24, 2.45) is 0 Å². The van der Waals surface area contributed by atoms with Crippen LogP contribution in [0.5, 0.6) is 0 Å². The van der Waals surface area contributed by atoms with Gasteiger partial charge in [0.2, 0.25) is 0 Å². The largest absolute Gasteiger partial charge is 0.227 e. The molecule has 2 aliphatic rings. The van der Waals surface area contributed by atoms with Crippen molar-refractivity contribution < 1.29 is 0 Å². The van der Waals surface area contributed by atoms with Crippen molar-refractivity contribution in [3.8, 4) is 42.0 Å². The van der Waals surface area contributed by atoms with Gasteiger partial charge in [0.1, 0.15) is 10.0 Å². The van der Waals surface area contributed by atoms with Gasteiger partial charge in [0.25, 0.3) is 0 Å². The second-order valence-electron chi connectivity index (χ2n) is 10.2. The topological polar surface area (TPSA) is 35.6 Å². The summed E-state index contributed by atoms with van der Waals surface area (Å²) < 4.78 is 4.33. The van der Waals surface area contributed by atoms with Crippen molar-refractivity contribution in [1.29, 1.82) is 0 Å². The van der Waals surface area contributed by atoms with Gasteiger partial charge in [-0.1, -0.05) is 30.3 Å². The first-order valence-electron chi connectivity index (χ1n) is 13.3. The Labute approximate surface area is 229 Å². The van der Waals surface area contributed by atoms with Crippen molar-refractivity contribution in [2.75, 3.05) is 0 Å². The molecule has 4 nitrogen and oxygen atoms in total. The molecule has 0 bridgehead atoms. The summed E-state index contributed by atoms with van der Waals surface area (Å²) in [5.74, 6) is 0. The lowest BCUT2D eigenvalue weighted by Crippen LogP contribution is -1.98. The maximum atomic E-state index is 4.67. The minimum atomic E-state index is 1.09. The van der Waals surface area contributed by atoms with Crippen molar-refractivity contribution in [3.05, 3.63) is 108 Å². The van der Waals surface area contributed by atoms with Crippen LogP contribution >= 0.6 is 22.7 Å². The third-order valence-electron chi connectivity index (χ3n) is 7.77. The maximum absolute atomic E-state index is 4.67. The van der Waals surface area contributed by atoms with E-state index in [1.807, 2.05) is 35.1 Å². The molecule has 186 valence electrons. The number of fused-ring (bicyclic) bond motifs is 6. The van der Waals surface area contributed by atoms with Crippen LogP contribution in [-0.2, 0) is 25.7 Å². The van der Waals surface area contributed by atoms with Gasteiger partial charge in [0.15, 0.2) is 0 Å². The summed E-state index contributed by atoms with van der Waals surface area (Å²) in [5.41, 5.74) is 10.5. The standard InChI is InChI=1S/C32H26N4S2/c1-2-6-21(7-3-1)24-16-25(29-19-22-8-4-10-27-12-14-33-35(27)31(22)37-29)18-26(17-24)30-20-23-9-5-11-28-13-15-34-36(28)32(23)38-30/h1-3,6-7,12-20H,4-5,8-11H2. The number of rotatable bonds is 3. The highest BCUT2D eigenvalue weighted by atomic mass is 32.1. The first-order chi connectivity index (χ1) is 18.8. The van der Waals surface area contributed by atoms with Gasteiger partial charge in [-0.05, 0) is 114 Å². The molecule has 0 saturated heterocycles. The number of benzene rings is 2. The molecule has 38 heavy (non-hydrogen) atoms. The fourth-order valence-corrected chi connectivity index (χ4v) is 8.25. The second kappa shape index (κ2) is 8.93. The fourth-order valence-electron chi connectivity index (χ4n) is 5.87. The number of hydrogen-bond acceptors (Lipinski definition) is 4. The smallest absolute Gasteiger partial charge is 0.121 e. The average Bonchev–Trinajstić information content (AvgIpc) is 3.74. The zero-order valence-corrected chi connectivity index (χ0v) is 22.6. The predicted octanol–water partition coefficient (Wildman–Crippen LogP) is 8.16. The molecule has 6 heteroatoms. The van der Waals surface area contributed by atoms with Crippen molar-refractivity contribution >= 4 is 22.7 Å². The van der Waals surface area contributed by atoms with Crippen molar-refractivity contribution in [3.63, 3.8) is 0 Å². The highest BCUT2D eigenvalue weighted by Crippen LogP contribution is 2.43. The summed E-state index contributed by atoms with van der Waals surface area (Å²) in [6.45, 7) is 0. The first-order valence-corrected chi connectivity index (χ1v) is 15.0. The van der Waals surface area contributed by atoms with Gasteiger partial charge in [0.05, 0.1) is 0 Å². The number of aromatic nitrogens is 4. The van der Waals surface area contributed by atoms with Crippen molar-refractivity contribution in [1.82, 2.24) is 19.6 Å². The third kappa shape index (κ3) is 3.70. The summed E-state index contributed by atoms with van der Waals surface area (Å²) in [6.07, 6.45) is 10.6. The third-order valence-corrected chi connectivity index (χ3v) is 10.2. The van der Waals surface area contributed by atoms with Gasteiger partial charge in [-0.2, -0.15) is 10.2 Å². The monoisotopic (exact) mass is 530 g/mol. The molecule has 0 amide bonds. The fraction of sp³-hybridized carbons (Fsp3) is 0.188. The summed E-state index contributed by atoms with van der Waals surface area (Å²) in [7, 11) is 0. The highest BCUT2D eigenvalue weighted by Gasteiger charge is 2.21. The molecule has 4 aromatic heterocycles. The molecule has 8 rings (SSSR count).